The highest BCUT2D eigenvalue weighted by molar-refractivity contribution is 7.89. The molecular weight excluding hydrogens is 312 g/mol. The molecule has 0 bridgehead atoms. The third-order valence-electron chi connectivity index (χ3n) is 3.39. The average molecular weight is 325 g/mol. The van der Waals surface area contributed by atoms with Crippen LogP contribution in [-0.4, -0.2) is 13.0 Å². The lowest BCUT2D eigenvalue weighted by Gasteiger charge is -2.13. The minimum absolute atomic E-state index is 0.0620. The molecule has 0 aliphatic rings. The number of sulfonamides is 1. The number of rotatable bonds is 4. The number of primary sulfonamides is 1. The number of nitriles is 1. The van der Waals surface area contributed by atoms with Crippen LogP contribution in [0.25, 0.3) is 11.3 Å². The van der Waals surface area contributed by atoms with E-state index in [1.165, 1.54) is 10.6 Å². The first-order valence-corrected chi connectivity index (χ1v) is 7.74. The van der Waals surface area contributed by atoms with Gasteiger partial charge in [0.25, 0.3) is 0 Å². The molecule has 0 aliphatic carbocycles. The van der Waals surface area contributed by atoms with Crippen LogP contribution < -0.4 is 5.14 Å². The second kappa shape index (κ2) is 5.87. The van der Waals surface area contributed by atoms with Crippen LogP contribution >= 0.6 is 0 Å². The Kier molecular flexibility index (Phi) is 4.30. The van der Waals surface area contributed by atoms with E-state index < -0.39 is 28.3 Å². The average Bonchev–Trinajstić information content (AvgIpc) is 2.85. The topological polar surface area (TPSA) is 88.9 Å². The maximum Gasteiger partial charge on any atom is 0.238 e. The SMILES string of the molecule is Cn1c(C#N)ccc1-c1cc(CF)c(S(N)(=O)=O)cc1CF. The zero-order valence-electron chi connectivity index (χ0n) is 11.7. The van der Waals surface area contributed by atoms with Gasteiger partial charge in [0.1, 0.15) is 25.1 Å². The Balaban J connectivity index is 2.77. The Hall–Kier alpha value is -2.24. The molecule has 0 amide bonds. The third kappa shape index (κ3) is 2.73. The molecular formula is C14H13F2N3O2S. The quantitative estimate of drug-likeness (QED) is 0.934. The second-order valence-corrected chi connectivity index (χ2v) is 6.23. The molecule has 2 rings (SSSR count). The van der Waals surface area contributed by atoms with Crippen molar-refractivity contribution in [2.24, 2.45) is 12.2 Å². The van der Waals surface area contributed by atoms with Crippen molar-refractivity contribution in [3.63, 3.8) is 0 Å². The summed E-state index contributed by atoms with van der Waals surface area (Å²) in [6.45, 7) is -2.00. The summed E-state index contributed by atoms with van der Waals surface area (Å²) in [6, 6.07) is 7.39. The van der Waals surface area contributed by atoms with Crippen LogP contribution in [0.15, 0.2) is 29.2 Å². The van der Waals surface area contributed by atoms with Crippen molar-refractivity contribution in [2.75, 3.05) is 0 Å². The normalized spacial score (nSPS) is 11.4. The number of hydrogen-bond donors (Lipinski definition) is 1. The summed E-state index contributed by atoms with van der Waals surface area (Å²) in [4.78, 5) is -0.430. The summed E-state index contributed by atoms with van der Waals surface area (Å²) >= 11 is 0. The Morgan fingerprint density at radius 3 is 2.32 bits per heavy atom. The van der Waals surface area contributed by atoms with E-state index in [1.807, 2.05) is 6.07 Å². The summed E-state index contributed by atoms with van der Waals surface area (Å²) in [5, 5.41) is 14.0. The van der Waals surface area contributed by atoms with Crippen LogP contribution in [0.2, 0.25) is 0 Å². The van der Waals surface area contributed by atoms with E-state index in [-0.39, 0.29) is 11.1 Å². The lowest BCUT2D eigenvalue weighted by Crippen LogP contribution is -2.15. The van der Waals surface area contributed by atoms with Gasteiger partial charge in [-0.2, -0.15) is 5.26 Å². The Bertz CT molecular complexity index is 867. The van der Waals surface area contributed by atoms with E-state index in [0.29, 0.717) is 17.0 Å². The Morgan fingerprint density at radius 2 is 1.86 bits per heavy atom. The predicted octanol–water partition coefficient (Wildman–Crippen LogP) is 2.15. The molecule has 0 spiro atoms. The van der Waals surface area contributed by atoms with Crippen LogP contribution in [0.5, 0.6) is 0 Å². The number of nitrogens with zero attached hydrogens (tertiary/aromatic N) is 2. The van der Waals surface area contributed by atoms with Gasteiger partial charge in [-0.05, 0) is 29.8 Å². The van der Waals surface area contributed by atoms with Crippen LogP contribution in [0.4, 0.5) is 8.78 Å². The molecule has 0 unspecified atom stereocenters. The number of aromatic nitrogens is 1. The molecule has 116 valence electrons. The van der Waals surface area contributed by atoms with Gasteiger partial charge in [0.15, 0.2) is 0 Å². The maximum atomic E-state index is 13.3. The van der Waals surface area contributed by atoms with Crippen LogP contribution in [-0.2, 0) is 30.4 Å². The maximum absolute atomic E-state index is 13.3. The zero-order chi connectivity index (χ0) is 16.5. The minimum atomic E-state index is -4.15. The van der Waals surface area contributed by atoms with Gasteiger partial charge in [-0.25, -0.2) is 22.3 Å². The molecule has 0 fully saturated rings. The standard InChI is InChI=1S/C14H13F2N3O2S/c1-19-11(8-17)2-3-13(19)12-4-10(7-16)14(22(18,20)21)5-9(12)6-15/h2-5H,6-7H2,1H3,(H2,18,20,21). The largest absolute Gasteiger partial charge is 0.335 e. The van der Waals surface area contributed by atoms with Crippen molar-refractivity contribution in [3.05, 3.63) is 41.1 Å². The fourth-order valence-corrected chi connectivity index (χ4v) is 3.06. The number of halogens is 2. The molecule has 0 aliphatic heterocycles. The fraction of sp³-hybridized carbons (Fsp3) is 0.214. The first-order chi connectivity index (χ1) is 10.3. The molecule has 22 heavy (non-hydrogen) atoms. The highest BCUT2D eigenvalue weighted by atomic mass is 32.2. The molecule has 0 saturated carbocycles. The molecule has 8 heteroatoms. The molecule has 0 radical (unpaired) electrons. The fourth-order valence-electron chi connectivity index (χ4n) is 2.28. The van der Waals surface area contributed by atoms with Gasteiger partial charge in [0, 0.05) is 23.9 Å². The van der Waals surface area contributed by atoms with E-state index in [4.69, 9.17) is 10.4 Å². The summed E-state index contributed by atoms with van der Waals surface area (Å²) in [5.74, 6) is 0. The number of nitrogens with two attached hydrogens (primary N) is 1. The van der Waals surface area contributed by atoms with Gasteiger partial charge in [-0.3, -0.25) is 0 Å². The number of benzene rings is 1. The first-order valence-electron chi connectivity index (χ1n) is 6.20. The van der Waals surface area contributed by atoms with Crippen molar-refractivity contribution < 1.29 is 17.2 Å². The summed E-state index contributed by atoms with van der Waals surface area (Å²) in [6.07, 6.45) is 0. The molecule has 0 saturated heterocycles. The van der Waals surface area contributed by atoms with Crippen molar-refractivity contribution in [1.82, 2.24) is 4.57 Å². The smallest absolute Gasteiger partial charge is 0.238 e. The Morgan fingerprint density at radius 1 is 1.23 bits per heavy atom. The predicted molar refractivity (Wildman–Crippen MR) is 76.6 cm³/mol. The monoisotopic (exact) mass is 325 g/mol. The number of alkyl halides is 2. The van der Waals surface area contributed by atoms with Crippen molar-refractivity contribution >= 4 is 10.0 Å². The lowest BCUT2D eigenvalue weighted by molar-refractivity contribution is 0.472. The van der Waals surface area contributed by atoms with Gasteiger partial charge in [0.2, 0.25) is 10.0 Å². The number of hydrogen-bond acceptors (Lipinski definition) is 3. The lowest BCUT2D eigenvalue weighted by atomic mass is 10.0. The van der Waals surface area contributed by atoms with Gasteiger partial charge in [0.05, 0.1) is 4.90 Å². The zero-order valence-corrected chi connectivity index (χ0v) is 12.5. The molecule has 2 N–H and O–H groups in total. The molecule has 0 atom stereocenters. The van der Waals surface area contributed by atoms with Gasteiger partial charge in [-0.1, -0.05) is 0 Å². The summed E-state index contributed by atoms with van der Waals surface area (Å²) in [7, 11) is -2.54. The minimum Gasteiger partial charge on any atom is -0.335 e. The van der Waals surface area contributed by atoms with Crippen LogP contribution in [0.1, 0.15) is 16.8 Å². The van der Waals surface area contributed by atoms with E-state index in [2.05, 4.69) is 0 Å². The van der Waals surface area contributed by atoms with E-state index in [0.717, 1.165) is 6.07 Å². The molecule has 5 nitrogen and oxygen atoms in total. The second-order valence-electron chi connectivity index (χ2n) is 4.70. The first kappa shape index (κ1) is 16.1. The van der Waals surface area contributed by atoms with Gasteiger partial charge in [-0.15, -0.1) is 0 Å². The van der Waals surface area contributed by atoms with Crippen molar-refractivity contribution in [2.45, 2.75) is 18.2 Å². The molecule has 1 aromatic carbocycles. The van der Waals surface area contributed by atoms with Crippen LogP contribution in [0.3, 0.4) is 0 Å². The van der Waals surface area contributed by atoms with Gasteiger partial charge >= 0.3 is 0 Å². The third-order valence-corrected chi connectivity index (χ3v) is 4.39. The van der Waals surface area contributed by atoms with Crippen LogP contribution in [0, 0.1) is 11.3 Å². The van der Waals surface area contributed by atoms with Crippen molar-refractivity contribution in [3.8, 4) is 17.3 Å². The summed E-state index contributed by atoms with van der Waals surface area (Å²) in [5.41, 5.74) is 1.07. The van der Waals surface area contributed by atoms with Crippen molar-refractivity contribution in [1.29, 1.82) is 5.26 Å². The molecule has 1 heterocycles. The molecule has 1 aromatic heterocycles. The Labute approximate surface area is 126 Å². The van der Waals surface area contributed by atoms with Gasteiger partial charge < -0.3 is 4.57 Å². The van der Waals surface area contributed by atoms with E-state index >= 15 is 0 Å². The highest BCUT2D eigenvalue weighted by Crippen LogP contribution is 2.31. The van der Waals surface area contributed by atoms with E-state index in [1.54, 1.807) is 19.2 Å². The van der Waals surface area contributed by atoms with E-state index in [9.17, 15) is 17.2 Å². The highest BCUT2D eigenvalue weighted by Gasteiger charge is 2.20. The summed E-state index contributed by atoms with van der Waals surface area (Å²) < 4.78 is 50.9. The molecule has 2 aromatic rings.